The second-order valence-electron chi connectivity index (χ2n) is 5.71. The standard InChI is InChI=1S/C12H27N3O/c1-10(7-12(3,13)9-16)15-6-5-14(4)8-11(15)2/h10-11,16H,5-9,13H2,1-4H3. The summed E-state index contributed by atoms with van der Waals surface area (Å²) < 4.78 is 0. The molecule has 16 heavy (non-hydrogen) atoms. The Bertz CT molecular complexity index is 220. The van der Waals surface area contributed by atoms with Crippen molar-refractivity contribution in [3.8, 4) is 0 Å². The zero-order valence-electron chi connectivity index (χ0n) is 11.1. The van der Waals surface area contributed by atoms with Crippen molar-refractivity contribution in [3.05, 3.63) is 0 Å². The zero-order chi connectivity index (χ0) is 12.3. The molecule has 0 aromatic rings. The molecule has 0 spiro atoms. The van der Waals surface area contributed by atoms with Gasteiger partial charge in [-0.1, -0.05) is 0 Å². The smallest absolute Gasteiger partial charge is 0.0609 e. The molecule has 1 fully saturated rings. The van der Waals surface area contributed by atoms with Crippen LogP contribution in [0.25, 0.3) is 0 Å². The van der Waals surface area contributed by atoms with Gasteiger partial charge in [-0.25, -0.2) is 0 Å². The van der Waals surface area contributed by atoms with Crippen LogP contribution in [0.2, 0.25) is 0 Å². The quantitative estimate of drug-likeness (QED) is 0.718. The molecule has 3 atom stereocenters. The van der Waals surface area contributed by atoms with Crippen molar-refractivity contribution in [1.82, 2.24) is 9.80 Å². The minimum absolute atomic E-state index is 0.0550. The first-order valence-corrected chi connectivity index (χ1v) is 6.20. The lowest BCUT2D eigenvalue weighted by atomic mass is 9.94. The molecule has 1 aliphatic rings. The van der Waals surface area contributed by atoms with Crippen molar-refractivity contribution in [2.75, 3.05) is 33.3 Å². The van der Waals surface area contributed by atoms with Crippen LogP contribution in [0.15, 0.2) is 0 Å². The molecule has 1 aliphatic heterocycles. The maximum atomic E-state index is 9.20. The summed E-state index contributed by atoms with van der Waals surface area (Å²) in [6, 6.07) is 1.01. The van der Waals surface area contributed by atoms with Crippen LogP contribution in [0.3, 0.4) is 0 Å². The lowest BCUT2D eigenvalue weighted by molar-refractivity contribution is 0.0498. The first-order chi connectivity index (χ1) is 7.35. The first-order valence-electron chi connectivity index (χ1n) is 6.20. The summed E-state index contributed by atoms with van der Waals surface area (Å²) in [5.74, 6) is 0. The summed E-state index contributed by atoms with van der Waals surface area (Å²) >= 11 is 0. The van der Waals surface area contributed by atoms with E-state index in [-0.39, 0.29) is 6.61 Å². The number of rotatable bonds is 4. The van der Waals surface area contributed by atoms with Gasteiger partial charge in [-0.3, -0.25) is 4.90 Å². The molecule has 0 bridgehead atoms. The molecule has 1 heterocycles. The third-order valence-corrected chi connectivity index (χ3v) is 3.57. The molecule has 4 nitrogen and oxygen atoms in total. The van der Waals surface area contributed by atoms with Crippen LogP contribution in [0.1, 0.15) is 27.2 Å². The lowest BCUT2D eigenvalue weighted by Crippen LogP contribution is -2.56. The molecule has 0 saturated carbocycles. The zero-order valence-corrected chi connectivity index (χ0v) is 11.1. The third kappa shape index (κ3) is 3.70. The van der Waals surface area contributed by atoms with Gasteiger partial charge in [-0.15, -0.1) is 0 Å². The van der Waals surface area contributed by atoms with Gasteiger partial charge < -0.3 is 15.7 Å². The Morgan fingerprint density at radius 1 is 1.50 bits per heavy atom. The second-order valence-corrected chi connectivity index (χ2v) is 5.71. The highest BCUT2D eigenvalue weighted by atomic mass is 16.3. The van der Waals surface area contributed by atoms with E-state index in [1.165, 1.54) is 0 Å². The molecule has 3 unspecified atom stereocenters. The summed E-state index contributed by atoms with van der Waals surface area (Å²) in [5.41, 5.74) is 5.55. The maximum absolute atomic E-state index is 9.20. The van der Waals surface area contributed by atoms with Gasteiger partial charge in [0.05, 0.1) is 6.61 Å². The normalized spacial score (nSPS) is 30.0. The number of likely N-dealkylation sites (N-methyl/N-ethyl adjacent to an activating group) is 1. The van der Waals surface area contributed by atoms with Crippen molar-refractivity contribution >= 4 is 0 Å². The van der Waals surface area contributed by atoms with E-state index in [0.29, 0.717) is 12.1 Å². The van der Waals surface area contributed by atoms with E-state index >= 15 is 0 Å². The first kappa shape index (κ1) is 13.9. The van der Waals surface area contributed by atoms with Gasteiger partial charge in [0.25, 0.3) is 0 Å². The van der Waals surface area contributed by atoms with Gasteiger partial charge in [-0.05, 0) is 34.2 Å². The summed E-state index contributed by atoms with van der Waals surface area (Å²) in [5, 5.41) is 9.20. The molecule has 0 aromatic carbocycles. The Morgan fingerprint density at radius 3 is 2.62 bits per heavy atom. The van der Waals surface area contributed by atoms with E-state index in [2.05, 4.69) is 30.7 Å². The predicted molar refractivity (Wildman–Crippen MR) is 67.4 cm³/mol. The Labute approximate surface area is 99.4 Å². The highest BCUT2D eigenvalue weighted by Crippen LogP contribution is 2.18. The number of aliphatic hydroxyl groups is 1. The number of hydrogen-bond acceptors (Lipinski definition) is 4. The molecule has 1 saturated heterocycles. The van der Waals surface area contributed by atoms with E-state index in [0.717, 1.165) is 26.1 Å². The minimum Gasteiger partial charge on any atom is -0.394 e. The Hall–Kier alpha value is -0.160. The summed E-state index contributed by atoms with van der Waals surface area (Å²) in [4.78, 5) is 4.86. The molecule has 0 aromatic heterocycles. The van der Waals surface area contributed by atoms with E-state index in [1.807, 2.05) is 6.92 Å². The van der Waals surface area contributed by atoms with Crippen LogP contribution in [0, 0.1) is 0 Å². The number of nitrogens with two attached hydrogens (primary N) is 1. The fourth-order valence-corrected chi connectivity index (χ4v) is 2.67. The van der Waals surface area contributed by atoms with E-state index in [9.17, 15) is 5.11 Å². The van der Waals surface area contributed by atoms with Crippen molar-refractivity contribution in [1.29, 1.82) is 0 Å². The van der Waals surface area contributed by atoms with Crippen LogP contribution in [0.5, 0.6) is 0 Å². The van der Waals surface area contributed by atoms with Crippen LogP contribution in [-0.4, -0.2) is 65.8 Å². The predicted octanol–water partition coefficient (Wildman–Crippen LogP) is 0.111. The maximum Gasteiger partial charge on any atom is 0.0609 e. The van der Waals surface area contributed by atoms with Gasteiger partial charge in [0, 0.05) is 37.3 Å². The second kappa shape index (κ2) is 5.45. The van der Waals surface area contributed by atoms with Gasteiger partial charge in [0.15, 0.2) is 0 Å². The van der Waals surface area contributed by atoms with Crippen molar-refractivity contribution < 1.29 is 5.11 Å². The van der Waals surface area contributed by atoms with E-state index < -0.39 is 5.54 Å². The fourth-order valence-electron chi connectivity index (χ4n) is 2.67. The Morgan fingerprint density at radius 2 is 2.12 bits per heavy atom. The third-order valence-electron chi connectivity index (χ3n) is 3.57. The Balaban J connectivity index is 2.50. The van der Waals surface area contributed by atoms with E-state index in [1.54, 1.807) is 0 Å². The van der Waals surface area contributed by atoms with Gasteiger partial charge >= 0.3 is 0 Å². The van der Waals surface area contributed by atoms with Gasteiger partial charge in [0.2, 0.25) is 0 Å². The fraction of sp³-hybridized carbons (Fsp3) is 1.00. The van der Waals surface area contributed by atoms with Gasteiger partial charge in [0.1, 0.15) is 0 Å². The van der Waals surface area contributed by atoms with Crippen molar-refractivity contribution in [2.24, 2.45) is 5.73 Å². The molecule has 96 valence electrons. The van der Waals surface area contributed by atoms with Crippen LogP contribution < -0.4 is 5.73 Å². The summed E-state index contributed by atoms with van der Waals surface area (Å²) in [7, 11) is 2.17. The Kier molecular flexibility index (Phi) is 4.73. The highest BCUT2D eigenvalue weighted by Gasteiger charge is 2.29. The molecule has 0 amide bonds. The molecule has 1 rings (SSSR count). The van der Waals surface area contributed by atoms with E-state index in [4.69, 9.17) is 5.73 Å². The molecule has 4 heteroatoms. The van der Waals surface area contributed by atoms with Crippen LogP contribution in [0.4, 0.5) is 0 Å². The van der Waals surface area contributed by atoms with Crippen molar-refractivity contribution in [3.63, 3.8) is 0 Å². The monoisotopic (exact) mass is 229 g/mol. The van der Waals surface area contributed by atoms with Crippen molar-refractivity contribution in [2.45, 2.75) is 44.8 Å². The minimum atomic E-state index is -0.456. The average molecular weight is 229 g/mol. The SMILES string of the molecule is CC1CN(C)CCN1C(C)CC(C)(N)CO. The molecular formula is C12H27N3O. The summed E-state index contributed by atoms with van der Waals surface area (Å²) in [6.45, 7) is 9.78. The number of aliphatic hydroxyl groups excluding tert-OH is 1. The average Bonchev–Trinajstić information content (AvgIpc) is 2.16. The molecule has 0 radical (unpaired) electrons. The number of piperazine rings is 1. The highest BCUT2D eigenvalue weighted by molar-refractivity contribution is 4.87. The van der Waals surface area contributed by atoms with Crippen LogP contribution >= 0.6 is 0 Å². The number of hydrogen-bond donors (Lipinski definition) is 2. The number of nitrogens with zero attached hydrogens (tertiary/aromatic N) is 2. The summed E-state index contributed by atoms with van der Waals surface area (Å²) in [6.07, 6.45) is 0.845. The molecular weight excluding hydrogens is 202 g/mol. The van der Waals surface area contributed by atoms with Gasteiger partial charge in [-0.2, -0.15) is 0 Å². The molecule has 3 N–H and O–H groups in total. The molecule has 0 aliphatic carbocycles. The van der Waals surface area contributed by atoms with Crippen LogP contribution in [-0.2, 0) is 0 Å². The topological polar surface area (TPSA) is 52.7 Å². The largest absolute Gasteiger partial charge is 0.394 e. The lowest BCUT2D eigenvalue weighted by Gasteiger charge is -2.43.